The summed E-state index contributed by atoms with van der Waals surface area (Å²) in [6, 6.07) is 13.5. The lowest BCUT2D eigenvalue weighted by Gasteiger charge is -2.26. The summed E-state index contributed by atoms with van der Waals surface area (Å²) >= 11 is 0. The minimum atomic E-state index is -1.18. The highest BCUT2D eigenvalue weighted by Crippen LogP contribution is 2.25. The molecule has 0 aliphatic heterocycles. The Balaban J connectivity index is 2.50. The van der Waals surface area contributed by atoms with Crippen LogP contribution in [0.4, 0.5) is 0 Å². The van der Waals surface area contributed by atoms with Gasteiger partial charge in [0.2, 0.25) is 0 Å². The molecule has 2 rings (SSSR count). The van der Waals surface area contributed by atoms with Crippen LogP contribution >= 0.6 is 0 Å². The summed E-state index contributed by atoms with van der Waals surface area (Å²) in [5, 5.41) is 14.4. The predicted octanol–water partition coefficient (Wildman–Crippen LogP) is 2.36. The van der Waals surface area contributed by atoms with Crippen LogP contribution in [0.15, 0.2) is 42.5 Å². The second kappa shape index (κ2) is 5.13. The minimum absolute atomic E-state index is 0.204. The number of carboxylic acid groups (broad SMARTS) is 1. The number of rotatable bonds is 4. The third-order valence-electron chi connectivity index (χ3n) is 3.30. The molecule has 2 aromatic carbocycles. The first-order valence-corrected chi connectivity index (χ1v) is 5.99. The first-order chi connectivity index (χ1) is 9.08. The Bertz CT molecular complexity index is 657. The van der Waals surface area contributed by atoms with Gasteiger partial charge in [0.1, 0.15) is 5.54 Å². The molecule has 0 amide bonds. The average Bonchev–Trinajstić information content (AvgIpc) is 2.44. The van der Waals surface area contributed by atoms with Crippen LogP contribution in [0, 0.1) is 12.3 Å². The molecule has 0 heterocycles. The van der Waals surface area contributed by atoms with E-state index in [0.29, 0.717) is 5.56 Å². The van der Waals surface area contributed by atoms with E-state index < -0.39 is 11.5 Å². The lowest BCUT2D eigenvalue weighted by molar-refractivity contribution is -0.144. The van der Waals surface area contributed by atoms with Gasteiger partial charge in [0, 0.05) is 0 Å². The second-order valence-electron chi connectivity index (χ2n) is 4.55. The highest BCUT2D eigenvalue weighted by molar-refractivity contribution is 5.86. The number of fused-ring (bicyclic) bond motifs is 1. The maximum atomic E-state index is 11.5. The van der Waals surface area contributed by atoms with Crippen molar-refractivity contribution in [3.8, 4) is 12.3 Å². The molecular weight excluding hydrogens is 238 g/mol. The number of carboxylic acids is 1. The van der Waals surface area contributed by atoms with Crippen molar-refractivity contribution in [2.24, 2.45) is 0 Å². The molecule has 0 fully saturated rings. The fourth-order valence-corrected chi connectivity index (χ4v) is 2.03. The van der Waals surface area contributed by atoms with Crippen LogP contribution in [0.1, 0.15) is 12.5 Å². The normalized spacial score (nSPS) is 13.7. The van der Waals surface area contributed by atoms with E-state index in [-0.39, 0.29) is 6.54 Å². The molecule has 96 valence electrons. The first-order valence-electron chi connectivity index (χ1n) is 5.99. The molecule has 0 aliphatic carbocycles. The number of carbonyl (C=O) groups is 1. The third-order valence-corrected chi connectivity index (χ3v) is 3.30. The van der Waals surface area contributed by atoms with Crippen molar-refractivity contribution < 1.29 is 9.90 Å². The molecule has 0 aliphatic rings. The third kappa shape index (κ3) is 2.44. The van der Waals surface area contributed by atoms with Crippen LogP contribution in [0.3, 0.4) is 0 Å². The highest BCUT2D eigenvalue weighted by atomic mass is 16.4. The van der Waals surface area contributed by atoms with Crippen LogP contribution < -0.4 is 5.32 Å². The number of nitrogens with one attached hydrogen (secondary N) is 1. The molecule has 3 nitrogen and oxygen atoms in total. The summed E-state index contributed by atoms with van der Waals surface area (Å²) in [7, 11) is 0. The zero-order chi connectivity index (χ0) is 13.9. The smallest absolute Gasteiger partial charge is 0.328 e. The lowest BCUT2D eigenvalue weighted by atomic mass is 9.90. The summed E-state index contributed by atoms with van der Waals surface area (Å²) in [6.07, 6.45) is 5.20. The molecular formula is C16H15NO2. The van der Waals surface area contributed by atoms with Crippen LogP contribution in [-0.4, -0.2) is 17.6 Å². The zero-order valence-corrected chi connectivity index (χ0v) is 10.7. The Labute approximate surface area is 112 Å². The van der Waals surface area contributed by atoms with E-state index in [0.717, 1.165) is 10.8 Å². The van der Waals surface area contributed by atoms with E-state index in [2.05, 4.69) is 11.2 Å². The van der Waals surface area contributed by atoms with Gasteiger partial charge in [-0.2, -0.15) is 0 Å². The average molecular weight is 253 g/mol. The summed E-state index contributed by atoms with van der Waals surface area (Å²) in [4.78, 5) is 11.5. The van der Waals surface area contributed by atoms with Gasteiger partial charge in [-0.3, -0.25) is 5.32 Å². The first kappa shape index (κ1) is 13.1. The van der Waals surface area contributed by atoms with Crippen molar-refractivity contribution in [2.45, 2.75) is 12.5 Å². The molecule has 0 saturated carbocycles. The number of terminal acetylenes is 1. The van der Waals surface area contributed by atoms with Gasteiger partial charge in [0.15, 0.2) is 0 Å². The van der Waals surface area contributed by atoms with Crippen LogP contribution in [0.2, 0.25) is 0 Å². The van der Waals surface area contributed by atoms with Crippen molar-refractivity contribution >= 4 is 16.7 Å². The highest BCUT2D eigenvalue weighted by Gasteiger charge is 2.34. The van der Waals surface area contributed by atoms with Crippen molar-refractivity contribution in [1.29, 1.82) is 0 Å². The van der Waals surface area contributed by atoms with Gasteiger partial charge in [0.25, 0.3) is 0 Å². The molecule has 0 spiro atoms. The van der Waals surface area contributed by atoms with Gasteiger partial charge in [-0.15, -0.1) is 6.42 Å². The van der Waals surface area contributed by atoms with Gasteiger partial charge in [-0.05, 0) is 29.3 Å². The summed E-state index contributed by atoms with van der Waals surface area (Å²) in [5.41, 5.74) is -0.495. The van der Waals surface area contributed by atoms with Crippen LogP contribution in [0.5, 0.6) is 0 Å². The fraction of sp³-hybridized carbons (Fsp3) is 0.188. The molecule has 2 N–H and O–H groups in total. The summed E-state index contributed by atoms with van der Waals surface area (Å²) in [6.45, 7) is 1.83. The molecule has 3 heteroatoms. The molecule has 2 aromatic rings. The van der Waals surface area contributed by atoms with E-state index in [1.807, 2.05) is 42.5 Å². The molecule has 19 heavy (non-hydrogen) atoms. The second-order valence-corrected chi connectivity index (χ2v) is 4.55. The monoisotopic (exact) mass is 253 g/mol. The van der Waals surface area contributed by atoms with Gasteiger partial charge in [0.05, 0.1) is 6.54 Å². The van der Waals surface area contributed by atoms with E-state index >= 15 is 0 Å². The zero-order valence-electron chi connectivity index (χ0n) is 10.7. The minimum Gasteiger partial charge on any atom is -0.480 e. The van der Waals surface area contributed by atoms with Gasteiger partial charge < -0.3 is 5.11 Å². The Kier molecular flexibility index (Phi) is 3.55. The fourth-order valence-electron chi connectivity index (χ4n) is 2.03. The Hall–Kier alpha value is -2.31. The molecule has 0 radical (unpaired) electrons. The van der Waals surface area contributed by atoms with Crippen molar-refractivity contribution in [2.75, 3.05) is 6.54 Å². The number of aliphatic carboxylic acids is 1. The number of hydrogen-bond donors (Lipinski definition) is 2. The van der Waals surface area contributed by atoms with Gasteiger partial charge >= 0.3 is 5.97 Å². The van der Waals surface area contributed by atoms with E-state index in [1.165, 1.54) is 0 Å². The maximum Gasteiger partial charge on any atom is 0.328 e. The van der Waals surface area contributed by atoms with Crippen LogP contribution in [-0.2, 0) is 10.3 Å². The van der Waals surface area contributed by atoms with Crippen LogP contribution in [0.25, 0.3) is 10.8 Å². The summed E-state index contributed by atoms with van der Waals surface area (Å²) in [5.74, 6) is 1.46. The molecule has 0 saturated heterocycles. The SMILES string of the molecule is C#CCNC(C)(C(=O)O)c1ccc2ccccc2c1. The quantitative estimate of drug-likeness (QED) is 0.822. The number of hydrogen-bond acceptors (Lipinski definition) is 2. The Morgan fingerprint density at radius 3 is 2.63 bits per heavy atom. The molecule has 1 atom stereocenters. The van der Waals surface area contributed by atoms with Crippen molar-refractivity contribution in [1.82, 2.24) is 5.32 Å². The van der Waals surface area contributed by atoms with Crippen molar-refractivity contribution in [3.05, 3.63) is 48.0 Å². The van der Waals surface area contributed by atoms with Gasteiger partial charge in [-0.1, -0.05) is 42.3 Å². The molecule has 1 unspecified atom stereocenters. The van der Waals surface area contributed by atoms with Gasteiger partial charge in [-0.25, -0.2) is 4.79 Å². The summed E-state index contributed by atoms with van der Waals surface area (Å²) < 4.78 is 0. The number of benzene rings is 2. The topological polar surface area (TPSA) is 49.3 Å². The Morgan fingerprint density at radius 2 is 2.00 bits per heavy atom. The van der Waals surface area contributed by atoms with Crippen molar-refractivity contribution in [3.63, 3.8) is 0 Å². The van der Waals surface area contributed by atoms with E-state index in [4.69, 9.17) is 6.42 Å². The maximum absolute atomic E-state index is 11.5. The molecule has 0 aromatic heterocycles. The lowest BCUT2D eigenvalue weighted by Crippen LogP contribution is -2.46. The van der Waals surface area contributed by atoms with E-state index in [9.17, 15) is 9.90 Å². The largest absolute Gasteiger partial charge is 0.480 e. The predicted molar refractivity (Wildman–Crippen MR) is 75.8 cm³/mol. The molecule has 0 bridgehead atoms. The standard InChI is InChI=1S/C16H15NO2/c1-3-10-17-16(2,15(18)19)14-9-8-12-6-4-5-7-13(12)11-14/h1,4-9,11,17H,10H2,2H3,(H,18,19). The van der Waals surface area contributed by atoms with E-state index in [1.54, 1.807) is 6.92 Å². The Morgan fingerprint density at radius 1 is 1.32 bits per heavy atom.